The minimum Gasteiger partial charge on any atom is -0.342 e. The Morgan fingerprint density at radius 2 is 1.86 bits per heavy atom. The molecule has 21 heavy (non-hydrogen) atoms. The van der Waals surface area contributed by atoms with Crippen LogP contribution >= 0.6 is 0 Å². The normalized spacial score (nSPS) is 27.2. The first kappa shape index (κ1) is 16.3. The molecule has 1 N–H and O–H groups in total. The van der Waals surface area contributed by atoms with Gasteiger partial charge in [0, 0.05) is 19.6 Å². The molecule has 2 aliphatic rings. The molecule has 5 heteroatoms. The molecule has 0 aromatic heterocycles. The summed E-state index contributed by atoms with van der Waals surface area (Å²) in [6.45, 7) is 11.8. The first-order valence-corrected chi connectivity index (χ1v) is 8.21. The van der Waals surface area contributed by atoms with Gasteiger partial charge in [0.05, 0.1) is 0 Å². The summed E-state index contributed by atoms with van der Waals surface area (Å²) in [5, 5.41) is 2.93. The van der Waals surface area contributed by atoms with Gasteiger partial charge in [-0.05, 0) is 31.2 Å². The molecule has 2 rings (SSSR count). The number of carbonyl (C=O) groups excluding carboxylic acids is 2. The van der Waals surface area contributed by atoms with Gasteiger partial charge < -0.3 is 10.2 Å². The lowest BCUT2D eigenvalue weighted by atomic mass is 9.97. The monoisotopic (exact) mass is 295 g/mol. The summed E-state index contributed by atoms with van der Waals surface area (Å²) in [5.41, 5.74) is 0. The molecule has 0 unspecified atom stereocenters. The zero-order valence-electron chi connectivity index (χ0n) is 13.8. The number of fused-ring (bicyclic) bond motifs is 1. The van der Waals surface area contributed by atoms with Gasteiger partial charge in [0.15, 0.2) is 0 Å². The van der Waals surface area contributed by atoms with Gasteiger partial charge in [0.1, 0.15) is 12.1 Å². The van der Waals surface area contributed by atoms with Crippen LogP contribution in [0.3, 0.4) is 0 Å². The maximum atomic E-state index is 12.5. The third-order valence-electron chi connectivity index (χ3n) is 4.39. The maximum Gasteiger partial charge on any atom is 0.245 e. The van der Waals surface area contributed by atoms with E-state index in [4.69, 9.17) is 0 Å². The van der Waals surface area contributed by atoms with Crippen molar-refractivity contribution in [2.45, 2.75) is 52.6 Å². The van der Waals surface area contributed by atoms with Gasteiger partial charge in [-0.25, -0.2) is 0 Å². The maximum absolute atomic E-state index is 12.5. The zero-order valence-corrected chi connectivity index (χ0v) is 13.8. The predicted octanol–water partition coefficient (Wildman–Crippen LogP) is 1.09. The van der Waals surface area contributed by atoms with E-state index in [1.165, 1.54) is 0 Å². The van der Waals surface area contributed by atoms with E-state index < -0.39 is 0 Å². The quantitative estimate of drug-likeness (QED) is 0.826. The molecule has 0 aliphatic carbocycles. The molecule has 0 spiro atoms. The Morgan fingerprint density at radius 1 is 1.14 bits per heavy atom. The zero-order chi connectivity index (χ0) is 15.6. The number of hydrogen-bond donors (Lipinski definition) is 1. The van der Waals surface area contributed by atoms with E-state index in [1.54, 1.807) is 4.90 Å². The van der Waals surface area contributed by atoms with Crippen LogP contribution in [0.25, 0.3) is 0 Å². The largest absolute Gasteiger partial charge is 0.342 e. The SMILES string of the molecule is CC(C)CCN1CCN2C(=O)[C@H](CC(C)C)NC(=O)[C@H]2C1. The standard InChI is InChI=1S/C16H29N3O2/c1-11(2)5-6-18-7-8-19-14(10-18)15(20)17-13(16(19)21)9-12(3)4/h11-14H,5-10H2,1-4H3,(H,17,20)/t13-,14+/m0/s1. The van der Waals surface area contributed by atoms with Gasteiger partial charge in [-0.15, -0.1) is 0 Å². The molecule has 2 heterocycles. The van der Waals surface area contributed by atoms with E-state index in [1.807, 2.05) is 0 Å². The smallest absolute Gasteiger partial charge is 0.245 e. The fraction of sp³-hybridized carbons (Fsp3) is 0.875. The molecule has 0 aromatic rings. The van der Waals surface area contributed by atoms with E-state index in [0.717, 1.165) is 25.9 Å². The van der Waals surface area contributed by atoms with Crippen LogP contribution in [0.2, 0.25) is 0 Å². The number of hydrogen-bond acceptors (Lipinski definition) is 3. The summed E-state index contributed by atoms with van der Waals surface area (Å²) in [4.78, 5) is 28.9. The lowest BCUT2D eigenvalue weighted by Gasteiger charge is -2.45. The van der Waals surface area contributed by atoms with Gasteiger partial charge in [-0.2, -0.15) is 0 Å². The Bertz CT molecular complexity index is 395. The van der Waals surface area contributed by atoms with E-state index in [9.17, 15) is 9.59 Å². The first-order valence-electron chi connectivity index (χ1n) is 8.21. The third kappa shape index (κ3) is 3.96. The highest BCUT2D eigenvalue weighted by molar-refractivity contribution is 5.97. The molecule has 120 valence electrons. The second kappa shape index (κ2) is 6.77. The second-order valence-corrected chi connectivity index (χ2v) is 7.22. The number of piperazine rings is 2. The molecule has 2 fully saturated rings. The van der Waals surface area contributed by atoms with Crippen LogP contribution in [0.1, 0.15) is 40.5 Å². The number of amides is 2. The number of carbonyl (C=O) groups is 2. The third-order valence-corrected chi connectivity index (χ3v) is 4.39. The van der Waals surface area contributed by atoms with Crippen molar-refractivity contribution in [3.63, 3.8) is 0 Å². The van der Waals surface area contributed by atoms with Crippen molar-refractivity contribution in [2.24, 2.45) is 11.8 Å². The molecule has 2 saturated heterocycles. The fourth-order valence-electron chi connectivity index (χ4n) is 3.13. The highest BCUT2D eigenvalue weighted by Crippen LogP contribution is 2.20. The van der Waals surface area contributed by atoms with E-state index >= 15 is 0 Å². The van der Waals surface area contributed by atoms with E-state index in [0.29, 0.717) is 24.9 Å². The summed E-state index contributed by atoms with van der Waals surface area (Å²) in [7, 11) is 0. The Labute approximate surface area is 128 Å². The van der Waals surface area contributed by atoms with Gasteiger partial charge in [0.2, 0.25) is 11.8 Å². The van der Waals surface area contributed by atoms with Crippen LogP contribution in [-0.2, 0) is 9.59 Å². The van der Waals surface area contributed by atoms with Crippen molar-refractivity contribution in [3.05, 3.63) is 0 Å². The van der Waals surface area contributed by atoms with Crippen LogP contribution < -0.4 is 5.32 Å². The number of rotatable bonds is 5. The van der Waals surface area contributed by atoms with Crippen molar-refractivity contribution in [2.75, 3.05) is 26.2 Å². The average Bonchev–Trinajstić information content (AvgIpc) is 2.41. The molecular formula is C16H29N3O2. The fourth-order valence-corrected chi connectivity index (χ4v) is 3.13. The lowest BCUT2D eigenvalue weighted by Crippen LogP contribution is -2.69. The molecule has 2 atom stereocenters. The summed E-state index contributed by atoms with van der Waals surface area (Å²) >= 11 is 0. The van der Waals surface area contributed by atoms with Crippen molar-refractivity contribution < 1.29 is 9.59 Å². The first-order chi connectivity index (χ1) is 9.88. The summed E-state index contributed by atoms with van der Waals surface area (Å²) in [5.74, 6) is 1.20. The van der Waals surface area contributed by atoms with E-state index in [2.05, 4.69) is 37.9 Å². The van der Waals surface area contributed by atoms with Crippen molar-refractivity contribution >= 4 is 11.8 Å². The molecule has 2 amide bonds. The number of nitrogens with zero attached hydrogens (tertiary/aromatic N) is 2. The average molecular weight is 295 g/mol. The van der Waals surface area contributed by atoms with Crippen LogP contribution in [-0.4, -0.2) is 59.9 Å². The van der Waals surface area contributed by atoms with Gasteiger partial charge in [0.25, 0.3) is 0 Å². The molecule has 0 aromatic carbocycles. The summed E-state index contributed by atoms with van der Waals surface area (Å²) in [6.07, 6.45) is 1.86. The Kier molecular flexibility index (Phi) is 5.25. The van der Waals surface area contributed by atoms with Gasteiger partial charge in [-0.3, -0.25) is 14.5 Å². The molecule has 0 radical (unpaired) electrons. The highest BCUT2D eigenvalue weighted by Gasteiger charge is 2.43. The van der Waals surface area contributed by atoms with Crippen LogP contribution in [0.4, 0.5) is 0 Å². The van der Waals surface area contributed by atoms with Gasteiger partial charge >= 0.3 is 0 Å². The van der Waals surface area contributed by atoms with Crippen LogP contribution in [0.15, 0.2) is 0 Å². The van der Waals surface area contributed by atoms with E-state index in [-0.39, 0.29) is 23.9 Å². The Balaban J connectivity index is 1.96. The minimum atomic E-state index is -0.323. The second-order valence-electron chi connectivity index (χ2n) is 7.22. The van der Waals surface area contributed by atoms with Crippen molar-refractivity contribution in [1.82, 2.24) is 15.1 Å². The molecule has 5 nitrogen and oxygen atoms in total. The predicted molar refractivity (Wildman–Crippen MR) is 82.8 cm³/mol. The topological polar surface area (TPSA) is 52.6 Å². The molecule has 0 saturated carbocycles. The van der Waals surface area contributed by atoms with Gasteiger partial charge in [-0.1, -0.05) is 27.7 Å². The minimum absolute atomic E-state index is 0.0227. The lowest BCUT2D eigenvalue weighted by molar-refractivity contribution is -0.153. The molecule has 2 aliphatic heterocycles. The Hall–Kier alpha value is -1.10. The van der Waals surface area contributed by atoms with Crippen LogP contribution in [0.5, 0.6) is 0 Å². The van der Waals surface area contributed by atoms with Crippen LogP contribution in [0, 0.1) is 11.8 Å². The highest BCUT2D eigenvalue weighted by atomic mass is 16.2. The van der Waals surface area contributed by atoms with Crippen molar-refractivity contribution in [1.29, 1.82) is 0 Å². The summed E-state index contributed by atoms with van der Waals surface area (Å²) in [6, 6.07) is -0.613. The van der Waals surface area contributed by atoms with Crippen molar-refractivity contribution in [3.8, 4) is 0 Å². The number of nitrogens with one attached hydrogen (secondary N) is 1. The molecular weight excluding hydrogens is 266 g/mol. The summed E-state index contributed by atoms with van der Waals surface area (Å²) < 4.78 is 0. The molecule has 0 bridgehead atoms. The Morgan fingerprint density at radius 3 is 2.48 bits per heavy atom.